The van der Waals surface area contributed by atoms with Crippen LogP contribution in [0.2, 0.25) is 0 Å². The number of rotatable bonds is 7. The van der Waals surface area contributed by atoms with Gasteiger partial charge >= 0.3 is 0 Å². The van der Waals surface area contributed by atoms with E-state index < -0.39 is 5.91 Å². The molecule has 2 aromatic carbocycles. The first-order valence-corrected chi connectivity index (χ1v) is 8.93. The predicted octanol–water partition coefficient (Wildman–Crippen LogP) is 3.84. The van der Waals surface area contributed by atoms with E-state index in [1.807, 2.05) is 62.4 Å². The van der Waals surface area contributed by atoms with E-state index in [0.29, 0.717) is 11.4 Å². The summed E-state index contributed by atoms with van der Waals surface area (Å²) in [5, 5.41) is 5.26. The van der Waals surface area contributed by atoms with Crippen LogP contribution < -0.4 is 15.4 Å². The fourth-order valence-corrected chi connectivity index (χ4v) is 2.53. The summed E-state index contributed by atoms with van der Waals surface area (Å²) in [6.45, 7) is 3.99. The van der Waals surface area contributed by atoms with Crippen LogP contribution >= 0.6 is 0 Å². The Balaban J connectivity index is 1.47. The number of hydrogen-bond acceptors (Lipinski definition) is 4. The van der Waals surface area contributed by atoms with Crippen LogP contribution in [0.25, 0.3) is 0 Å². The van der Waals surface area contributed by atoms with Gasteiger partial charge in [-0.2, -0.15) is 0 Å². The number of ether oxygens (including phenoxy) is 1. The van der Waals surface area contributed by atoms with Gasteiger partial charge in [-0.3, -0.25) is 9.59 Å². The van der Waals surface area contributed by atoms with E-state index in [1.165, 1.54) is 0 Å². The van der Waals surface area contributed by atoms with E-state index in [0.717, 1.165) is 16.9 Å². The number of aryl methyl sites for hydroxylation is 2. The van der Waals surface area contributed by atoms with Crippen LogP contribution in [0.5, 0.6) is 5.75 Å². The Morgan fingerprint density at radius 1 is 0.964 bits per heavy atom. The molecule has 0 unspecified atom stereocenters. The molecule has 0 fully saturated rings. The second-order valence-corrected chi connectivity index (χ2v) is 6.42. The molecule has 144 valence electrons. The highest BCUT2D eigenvalue weighted by Gasteiger charge is 2.13. The Bertz CT molecular complexity index is 961. The summed E-state index contributed by atoms with van der Waals surface area (Å²) in [5.41, 5.74) is 2.80. The van der Waals surface area contributed by atoms with Crippen LogP contribution in [0.15, 0.2) is 65.1 Å². The number of amides is 2. The lowest BCUT2D eigenvalue weighted by molar-refractivity contribution is -0.115. The van der Waals surface area contributed by atoms with Crippen molar-refractivity contribution in [1.29, 1.82) is 0 Å². The standard InChI is InChI=1S/C22H22N2O4/c1-15-7-9-17(10-8-15)24-21(25)13-23-22(26)20-12-11-18(28-20)14-27-19-6-4-3-5-16(19)2/h3-12H,13-14H2,1-2H3,(H,23,26)(H,24,25). The van der Waals surface area contributed by atoms with Crippen molar-refractivity contribution >= 4 is 17.5 Å². The lowest BCUT2D eigenvalue weighted by Gasteiger charge is -2.07. The van der Waals surface area contributed by atoms with E-state index in [-0.39, 0.29) is 24.8 Å². The summed E-state index contributed by atoms with van der Waals surface area (Å²) in [7, 11) is 0. The maximum Gasteiger partial charge on any atom is 0.287 e. The summed E-state index contributed by atoms with van der Waals surface area (Å²) in [4.78, 5) is 24.1. The molecule has 0 aliphatic heterocycles. The Kier molecular flexibility index (Phi) is 6.11. The molecule has 3 aromatic rings. The minimum atomic E-state index is -0.457. The van der Waals surface area contributed by atoms with Gasteiger partial charge in [-0.1, -0.05) is 35.9 Å². The molecule has 0 spiro atoms. The van der Waals surface area contributed by atoms with Crippen LogP contribution in [-0.4, -0.2) is 18.4 Å². The average molecular weight is 378 g/mol. The molecule has 0 atom stereocenters. The molecule has 2 N–H and O–H groups in total. The zero-order valence-electron chi connectivity index (χ0n) is 15.8. The largest absolute Gasteiger partial charge is 0.485 e. The number of nitrogens with one attached hydrogen (secondary N) is 2. The van der Waals surface area contributed by atoms with E-state index in [4.69, 9.17) is 9.15 Å². The van der Waals surface area contributed by atoms with E-state index in [1.54, 1.807) is 12.1 Å². The van der Waals surface area contributed by atoms with Gasteiger partial charge in [-0.25, -0.2) is 0 Å². The molecule has 0 aliphatic carbocycles. The van der Waals surface area contributed by atoms with Gasteiger partial charge in [0.1, 0.15) is 18.1 Å². The Morgan fingerprint density at radius 2 is 1.71 bits per heavy atom. The van der Waals surface area contributed by atoms with Gasteiger partial charge in [0.05, 0.1) is 6.54 Å². The molecule has 0 aliphatic rings. The van der Waals surface area contributed by atoms with Crippen molar-refractivity contribution in [3.63, 3.8) is 0 Å². The third kappa shape index (κ3) is 5.23. The molecule has 1 aromatic heterocycles. The molecule has 1 heterocycles. The SMILES string of the molecule is Cc1ccc(NC(=O)CNC(=O)c2ccc(COc3ccccc3C)o2)cc1. The molecule has 6 nitrogen and oxygen atoms in total. The van der Waals surface area contributed by atoms with Crippen LogP contribution in [0.1, 0.15) is 27.4 Å². The summed E-state index contributed by atoms with van der Waals surface area (Å²) in [6, 6.07) is 18.3. The number of furan rings is 1. The lowest BCUT2D eigenvalue weighted by atomic mass is 10.2. The molecule has 6 heteroatoms. The summed E-state index contributed by atoms with van der Waals surface area (Å²) < 4.78 is 11.2. The summed E-state index contributed by atoms with van der Waals surface area (Å²) in [5.74, 6) is 0.648. The molecular formula is C22H22N2O4. The highest BCUT2D eigenvalue weighted by atomic mass is 16.5. The first kappa shape index (κ1) is 19.2. The van der Waals surface area contributed by atoms with E-state index in [2.05, 4.69) is 10.6 Å². The predicted molar refractivity (Wildman–Crippen MR) is 106 cm³/mol. The number of carbonyl (C=O) groups excluding carboxylic acids is 2. The van der Waals surface area contributed by atoms with Gasteiger partial charge in [0.25, 0.3) is 5.91 Å². The van der Waals surface area contributed by atoms with Gasteiger partial charge in [0.15, 0.2) is 5.76 Å². The molecule has 3 rings (SSSR count). The Labute approximate surface area is 163 Å². The van der Waals surface area contributed by atoms with Crippen LogP contribution in [0, 0.1) is 13.8 Å². The Hall–Kier alpha value is -3.54. The van der Waals surface area contributed by atoms with Gasteiger partial charge in [0.2, 0.25) is 5.91 Å². The minimum absolute atomic E-state index is 0.131. The zero-order valence-corrected chi connectivity index (χ0v) is 15.8. The van der Waals surface area contributed by atoms with E-state index in [9.17, 15) is 9.59 Å². The van der Waals surface area contributed by atoms with Crippen molar-refractivity contribution in [2.45, 2.75) is 20.5 Å². The third-order valence-electron chi connectivity index (χ3n) is 4.09. The fraction of sp³-hybridized carbons (Fsp3) is 0.182. The van der Waals surface area contributed by atoms with Crippen molar-refractivity contribution in [2.75, 3.05) is 11.9 Å². The number of para-hydroxylation sites is 1. The van der Waals surface area contributed by atoms with E-state index >= 15 is 0 Å². The molecule has 0 saturated heterocycles. The lowest BCUT2D eigenvalue weighted by Crippen LogP contribution is -2.32. The first-order valence-electron chi connectivity index (χ1n) is 8.93. The van der Waals surface area contributed by atoms with Gasteiger partial charge in [0, 0.05) is 5.69 Å². The minimum Gasteiger partial charge on any atom is -0.485 e. The monoisotopic (exact) mass is 378 g/mol. The normalized spacial score (nSPS) is 10.4. The number of anilines is 1. The van der Waals surface area contributed by atoms with Crippen molar-refractivity contribution in [2.24, 2.45) is 0 Å². The van der Waals surface area contributed by atoms with Crippen molar-refractivity contribution in [3.05, 3.63) is 83.3 Å². The van der Waals surface area contributed by atoms with Gasteiger partial charge in [-0.05, 0) is 49.7 Å². The number of carbonyl (C=O) groups is 2. The molecule has 28 heavy (non-hydrogen) atoms. The molecule has 0 radical (unpaired) electrons. The number of benzene rings is 2. The second kappa shape index (κ2) is 8.90. The maximum absolute atomic E-state index is 12.2. The van der Waals surface area contributed by atoms with Crippen LogP contribution in [0.3, 0.4) is 0 Å². The maximum atomic E-state index is 12.2. The quantitative estimate of drug-likeness (QED) is 0.654. The van der Waals surface area contributed by atoms with Crippen molar-refractivity contribution in [3.8, 4) is 5.75 Å². The molecule has 0 saturated carbocycles. The van der Waals surface area contributed by atoms with Gasteiger partial charge in [-0.15, -0.1) is 0 Å². The summed E-state index contributed by atoms with van der Waals surface area (Å²) >= 11 is 0. The second-order valence-electron chi connectivity index (χ2n) is 6.42. The van der Waals surface area contributed by atoms with Crippen molar-refractivity contribution < 1.29 is 18.7 Å². The third-order valence-corrected chi connectivity index (χ3v) is 4.09. The molecular weight excluding hydrogens is 356 g/mol. The smallest absolute Gasteiger partial charge is 0.287 e. The van der Waals surface area contributed by atoms with Crippen molar-refractivity contribution in [1.82, 2.24) is 5.32 Å². The van der Waals surface area contributed by atoms with Gasteiger partial charge < -0.3 is 19.8 Å². The van der Waals surface area contributed by atoms with Crippen LogP contribution in [-0.2, 0) is 11.4 Å². The highest BCUT2D eigenvalue weighted by molar-refractivity contribution is 5.98. The molecule has 2 amide bonds. The number of hydrogen-bond donors (Lipinski definition) is 2. The fourth-order valence-electron chi connectivity index (χ4n) is 2.53. The Morgan fingerprint density at radius 3 is 2.46 bits per heavy atom. The summed E-state index contributed by atoms with van der Waals surface area (Å²) in [6.07, 6.45) is 0. The topological polar surface area (TPSA) is 80.6 Å². The zero-order chi connectivity index (χ0) is 19.9. The van der Waals surface area contributed by atoms with Crippen LogP contribution in [0.4, 0.5) is 5.69 Å². The first-order chi connectivity index (χ1) is 13.5. The average Bonchev–Trinajstić information content (AvgIpc) is 3.16. The highest BCUT2D eigenvalue weighted by Crippen LogP contribution is 2.18. The molecule has 0 bridgehead atoms.